The molecular weight excluding hydrogens is 892 g/mol. The number of piperidine rings is 2. The van der Waals surface area contributed by atoms with Gasteiger partial charge in [0.05, 0.1) is 47.8 Å². The van der Waals surface area contributed by atoms with Crippen LogP contribution in [0.25, 0.3) is 0 Å². The minimum atomic E-state index is -3.53. The second-order valence-corrected chi connectivity index (χ2v) is 19.2. The molecule has 4 aliphatic rings. The van der Waals surface area contributed by atoms with Gasteiger partial charge >= 0.3 is 0 Å². The number of piperazine rings is 1. The third kappa shape index (κ3) is 9.70. The lowest BCUT2D eigenvalue weighted by atomic mass is 9.96. The van der Waals surface area contributed by atoms with Gasteiger partial charge in [0.15, 0.2) is 12.4 Å². The van der Waals surface area contributed by atoms with E-state index in [-0.39, 0.29) is 59.0 Å². The van der Waals surface area contributed by atoms with Crippen LogP contribution >= 0.6 is 11.6 Å². The molecule has 0 saturated carbocycles. The van der Waals surface area contributed by atoms with Gasteiger partial charge in [0, 0.05) is 71.0 Å². The fraction of sp³-hybridized carbons (Fsp3) is 0.400. The van der Waals surface area contributed by atoms with Crippen LogP contribution in [-0.4, -0.2) is 141 Å². The number of imide groups is 2. The van der Waals surface area contributed by atoms with Gasteiger partial charge in [-0.25, -0.2) is 13.4 Å². The molecule has 19 nitrogen and oxygen atoms in total. The fourth-order valence-electron chi connectivity index (χ4n) is 8.82. The SMILES string of the molecule is COc1cc(N2CCN(CC3CCN(C(=O)COc4cccc5c4C(=O)N(C4CCC(=O)NC4=O)C5=O)CC3)CC2)c(C)cc1Nc1ncc(Cl)c(Nc2ccccc2N(C)S(C)(=O)=O)n1. The molecule has 0 radical (unpaired) electrons. The summed E-state index contributed by atoms with van der Waals surface area (Å²) in [6, 6.07) is 14.4. The molecule has 1 aromatic heterocycles. The normalized spacial score (nSPS) is 18.3. The smallest absolute Gasteiger partial charge is 0.266 e. The van der Waals surface area contributed by atoms with Crippen LogP contribution in [0.5, 0.6) is 11.5 Å². The first-order valence-corrected chi connectivity index (χ1v) is 23.8. The zero-order valence-corrected chi connectivity index (χ0v) is 38.6. The first-order valence-electron chi connectivity index (χ1n) is 21.6. The highest BCUT2D eigenvalue weighted by atomic mass is 35.5. The Morgan fingerprint density at radius 2 is 1.67 bits per heavy atom. The Balaban J connectivity index is 0.816. The van der Waals surface area contributed by atoms with Gasteiger partial charge in [-0.2, -0.15) is 4.98 Å². The number of likely N-dealkylation sites (tertiary alicyclic amines) is 1. The number of carbonyl (C=O) groups is 5. The predicted octanol–water partition coefficient (Wildman–Crippen LogP) is 4.17. The van der Waals surface area contributed by atoms with Gasteiger partial charge in [-0.15, -0.1) is 0 Å². The maximum atomic E-state index is 13.4. The summed E-state index contributed by atoms with van der Waals surface area (Å²) in [6.07, 6.45) is 4.33. The number of methoxy groups -OCH3 is 1. The van der Waals surface area contributed by atoms with E-state index in [2.05, 4.69) is 35.7 Å². The van der Waals surface area contributed by atoms with E-state index in [9.17, 15) is 32.4 Å². The second-order valence-electron chi connectivity index (χ2n) is 16.8. The summed E-state index contributed by atoms with van der Waals surface area (Å²) >= 11 is 6.49. The summed E-state index contributed by atoms with van der Waals surface area (Å²) < 4.78 is 37.4. The highest BCUT2D eigenvalue weighted by Crippen LogP contribution is 2.38. The molecule has 348 valence electrons. The number of amides is 5. The Kier molecular flexibility index (Phi) is 13.4. The quantitative estimate of drug-likeness (QED) is 0.151. The maximum Gasteiger partial charge on any atom is 0.266 e. The number of carbonyl (C=O) groups excluding carboxylic acids is 5. The molecule has 3 N–H and O–H groups in total. The van der Waals surface area contributed by atoms with Gasteiger partial charge in [0.2, 0.25) is 27.8 Å². The molecule has 3 fully saturated rings. The Morgan fingerprint density at radius 1 is 0.924 bits per heavy atom. The van der Waals surface area contributed by atoms with Crippen LogP contribution in [0.2, 0.25) is 5.02 Å². The van der Waals surface area contributed by atoms with Crippen LogP contribution < -0.4 is 34.6 Å². The molecule has 0 spiro atoms. The molecule has 0 bridgehead atoms. The van der Waals surface area contributed by atoms with E-state index < -0.39 is 39.7 Å². The number of anilines is 6. The minimum absolute atomic E-state index is 0.0122. The van der Waals surface area contributed by atoms with E-state index in [1.54, 1.807) is 42.3 Å². The molecule has 1 unspecified atom stereocenters. The third-order valence-electron chi connectivity index (χ3n) is 12.5. The number of benzene rings is 3. The van der Waals surface area contributed by atoms with Crippen LogP contribution in [0, 0.1) is 12.8 Å². The van der Waals surface area contributed by atoms with Gasteiger partial charge in [0.1, 0.15) is 22.6 Å². The van der Waals surface area contributed by atoms with Gasteiger partial charge in [-0.05, 0) is 68.0 Å². The zero-order valence-electron chi connectivity index (χ0n) is 37.0. The van der Waals surface area contributed by atoms with Gasteiger partial charge in [0.25, 0.3) is 17.7 Å². The molecule has 4 aromatic rings. The number of aryl methyl sites for hydroxylation is 1. The number of hydrogen-bond acceptors (Lipinski definition) is 15. The van der Waals surface area contributed by atoms with E-state index >= 15 is 0 Å². The van der Waals surface area contributed by atoms with Crippen molar-refractivity contribution in [2.75, 3.05) is 92.7 Å². The van der Waals surface area contributed by atoms with E-state index in [1.165, 1.54) is 29.7 Å². The Morgan fingerprint density at radius 3 is 2.38 bits per heavy atom. The highest BCUT2D eigenvalue weighted by molar-refractivity contribution is 7.92. The van der Waals surface area contributed by atoms with Crippen molar-refractivity contribution in [3.05, 3.63) is 82.5 Å². The minimum Gasteiger partial charge on any atom is -0.494 e. The van der Waals surface area contributed by atoms with E-state index in [4.69, 9.17) is 21.1 Å². The van der Waals surface area contributed by atoms with Crippen LogP contribution in [0.15, 0.2) is 60.8 Å². The molecular formula is C45H51ClN10O9S. The molecule has 1 atom stereocenters. The molecule has 66 heavy (non-hydrogen) atoms. The summed E-state index contributed by atoms with van der Waals surface area (Å²) in [4.78, 5) is 80.5. The van der Waals surface area contributed by atoms with Crippen LogP contribution in [-0.2, 0) is 24.4 Å². The van der Waals surface area contributed by atoms with Crippen LogP contribution in [0.4, 0.5) is 34.5 Å². The van der Waals surface area contributed by atoms with Gasteiger partial charge in [-0.3, -0.25) is 43.4 Å². The van der Waals surface area contributed by atoms with Crippen molar-refractivity contribution in [3.8, 4) is 11.5 Å². The molecule has 3 aromatic carbocycles. The number of para-hydroxylation sites is 2. The van der Waals surface area contributed by atoms with Crippen molar-refractivity contribution in [2.45, 2.75) is 38.6 Å². The second kappa shape index (κ2) is 19.1. The van der Waals surface area contributed by atoms with E-state index in [0.717, 1.165) is 68.0 Å². The lowest BCUT2D eigenvalue weighted by molar-refractivity contribution is -0.136. The highest BCUT2D eigenvalue weighted by Gasteiger charge is 2.46. The fourth-order valence-corrected chi connectivity index (χ4v) is 9.47. The Hall–Kier alpha value is -6.51. The third-order valence-corrected chi connectivity index (χ3v) is 13.9. The largest absolute Gasteiger partial charge is 0.494 e. The molecule has 21 heteroatoms. The van der Waals surface area contributed by atoms with Crippen molar-refractivity contribution in [3.63, 3.8) is 0 Å². The number of nitrogens with zero attached hydrogens (tertiary/aromatic N) is 7. The van der Waals surface area contributed by atoms with E-state index in [0.29, 0.717) is 41.8 Å². The van der Waals surface area contributed by atoms with Gasteiger partial charge in [-0.1, -0.05) is 29.8 Å². The molecule has 5 amide bonds. The average molecular weight is 943 g/mol. The molecule has 3 saturated heterocycles. The molecule has 8 rings (SSSR count). The summed E-state index contributed by atoms with van der Waals surface area (Å²) in [5.74, 6) is -1.03. The topological polar surface area (TPSA) is 216 Å². The van der Waals surface area contributed by atoms with Crippen molar-refractivity contribution < 1.29 is 41.9 Å². The maximum absolute atomic E-state index is 13.4. The number of hydrogen-bond donors (Lipinski definition) is 3. The average Bonchev–Trinajstić information content (AvgIpc) is 3.55. The number of fused-ring (bicyclic) bond motifs is 1. The monoisotopic (exact) mass is 942 g/mol. The molecule has 5 heterocycles. The van der Waals surface area contributed by atoms with Crippen LogP contribution in [0.3, 0.4) is 0 Å². The summed E-state index contributed by atoms with van der Waals surface area (Å²) in [5, 5.41) is 8.85. The van der Waals surface area contributed by atoms with Crippen molar-refractivity contribution in [2.24, 2.45) is 5.92 Å². The summed E-state index contributed by atoms with van der Waals surface area (Å²) in [6.45, 7) is 7.20. The van der Waals surface area contributed by atoms with Crippen molar-refractivity contribution in [1.29, 1.82) is 0 Å². The number of nitrogens with one attached hydrogen (secondary N) is 3. The van der Waals surface area contributed by atoms with Crippen molar-refractivity contribution in [1.82, 2.24) is 30.0 Å². The molecule has 0 aliphatic carbocycles. The first kappa shape index (κ1) is 46.0. The predicted molar refractivity (Wildman–Crippen MR) is 248 cm³/mol. The lowest BCUT2D eigenvalue weighted by Crippen LogP contribution is -2.54. The Labute approximate surface area is 387 Å². The number of halogens is 1. The number of rotatable bonds is 14. The van der Waals surface area contributed by atoms with E-state index in [1.807, 2.05) is 19.1 Å². The number of sulfonamides is 1. The van der Waals surface area contributed by atoms with Crippen LogP contribution in [0.1, 0.15) is 52.0 Å². The standard InChI is InChI=1S/C45H51ClN10O9S/c1-27-22-32(49-45-47-24-30(46)41(51-45)48-31-9-5-6-10-33(31)52(2)66(4,62)63)37(64-3)23-35(27)54-20-18-53(19-21-54)25-28-14-16-55(17-15-28)39(58)26-65-36-11-7-8-29-40(36)44(61)56(43(29)60)34-12-13-38(57)50-42(34)59/h5-11,22-24,28,34H,12-21,25-26H2,1-4H3,(H,50,57,59)(H2,47,48,49,51). The summed E-state index contributed by atoms with van der Waals surface area (Å²) in [5.41, 5.74) is 3.77. The Bertz CT molecular complexity index is 2690. The van der Waals surface area contributed by atoms with Crippen molar-refractivity contribution >= 4 is 85.7 Å². The zero-order chi connectivity index (χ0) is 46.9. The number of aromatic nitrogens is 2. The number of ether oxygens (including phenoxy) is 2. The lowest BCUT2D eigenvalue weighted by Gasteiger charge is -2.40. The van der Waals surface area contributed by atoms with Gasteiger partial charge < -0.3 is 29.9 Å². The molecule has 4 aliphatic heterocycles. The first-order chi connectivity index (χ1) is 31.6. The summed E-state index contributed by atoms with van der Waals surface area (Å²) in [7, 11) is -0.447.